The minimum atomic E-state index is 0.301. The summed E-state index contributed by atoms with van der Waals surface area (Å²) in [5.74, 6) is 0.344. The fourth-order valence-electron chi connectivity index (χ4n) is 2.70. The van der Waals surface area contributed by atoms with Crippen LogP contribution in [0.5, 0.6) is 0 Å². The topological polar surface area (TPSA) is 24.9 Å². The van der Waals surface area contributed by atoms with Gasteiger partial charge in [0.15, 0.2) is 0 Å². The van der Waals surface area contributed by atoms with Crippen molar-refractivity contribution in [2.75, 3.05) is 6.54 Å². The minimum absolute atomic E-state index is 0.301. The number of benzene rings is 1. The number of nitrogens with one attached hydrogen (secondary N) is 1. The fraction of sp³-hybridized carbons (Fsp3) is 0.389. The van der Waals surface area contributed by atoms with Gasteiger partial charge in [-0.25, -0.2) is 0 Å². The Morgan fingerprint density at radius 3 is 2.55 bits per heavy atom. The molecule has 20 heavy (non-hydrogen) atoms. The molecule has 0 aliphatic heterocycles. The van der Waals surface area contributed by atoms with Crippen LogP contribution in [0.3, 0.4) is 0 Å². The first kappa shape index (κ1) is 14.7. The SMILES string of the molecule is CCNC(c1cccc(C)c1C)C(C)c1ccccn1. The lowest BCUT2D eigenvalue weighted by atomic mass is 9.87. The summed E-state index contributed by atoms with van der Waals surface area (Å²) in [6.07, 6.45) is 1.87. The van der Waals surface area contributed by atoms with Crippen molar-refractivity contribution in [3.8, 4) is 0 Å². The van der Waals surface area contributed by atoms with Crippen LogP contribution in [0.4, 0.5) is 0 Å². The van der Waals surface area contributed by atoms with Crippen LogP contribution in [0.1, 0.15) is 48.2 Å². The van der Waals surface area contributed by atoms with Crippen molar-refractivity contribution in [3.63, 3.8) is 0 Å². The highest BCUT2D eigenvalue weighted by Crippen LogP contribution is 2.32. The summed E-state index contributed by atoms with van der Waals surface area (Å²) >= 11 is 0. The molecule has 1 aromatic carbocycles. The van der Waals surface area contributed by atoms with E-state index in [0.717, 1.165) is 12.2 Å². The van der Waals surface area contributed by atoms with Gasteiger partial charge < -0.3 is 5.32 Å². The van der Waals surface area contributed by atoms with Gasteiger partial charge in [-0.2, -0.15) is 0 Å². The Balaban J connectivity index is 2.38. The first-order valence-electron chi connectivity index (χ1n) is 7.35. The molecule has 0 spiro atoms. The molecule has 2 atom stereocenters. The van der Waals surface area contributed by atoms with E-state index in [4.69, 9.17) is 0 Å². The Labute approximate surface area is 122 Å². The highest BCUT2D eigenvalue weighted by Gasteiger charge is 2.22. The van der Waals surface area contributed by atoms with E-state index in [1.165, 1.54) is 16.7 Å². The van der Waals surface area contributed by atoms with Gasteiger partial charge in [0.1, 0.15) is 0 Å². The zero-order valence-electron chi connectivity index (χ0n) is 12.9. The molecule has 1 N–H and O–H groups in total. The summed E-state index contributed by atoms with van der Waals surface area (Å²) in [5.41, 5.74) is 5.24. The summed E-state index contributed by atoms with van der Waals surface area (Å²) in [6.45, 7) is 9.74. The average molecular weight is 268 g/mol. The third-order valence-corrected chi connectivity index (χ3v) is 4.06. The van der Waals surface area contributed by atoms with Crippen LogP contribution in [0.2, 0.25) is 0 Å². The number of hydrogen-bond donors (Lipinski definition) is 1. The molecular weight excluding hydrogens is 244 g/mol. The third kappa shape index (κ3) is 3.07. The Hall–Kier alpha value is -1.67. The second-order valence-electron chi connectivity index (χ2n) is 5.37. The quantitative estimate of drug-likeness (QED) is 0.881. The molecule has 0 aliphatic carbocycles. The van der Waals surface area contributed by atoms with E-state index in [-0.39, 0.29) is 0 Å². The number of nitrogens with zero attached hydrogens (tertiary/aromatic N) is 1. The molecule has 0 saturated heterocycles. The molecule has 0 radical (unpaired) electrons. The number of pyridine rings is 1. The monoisotopic (exact) mass is 268 g/mol. The smallest absolute Gasteiger partial charge is 0.0450 e. The molecule has 0 aliphatic rings. The predicted molar refractivity (Wildman–Crippen MR) is 85.0 cm³/mol. The fourth-order valence-corrected chi connectivity index (χ4v) is 2.70. The summed E-state index contributed by atoms with van der Waals surface area (Å²) in [5, 5.41) is 3.63. The van der Waals surface area contributed by atoms with Crippen LogP contribution in [0, 0.1) is 13.8 Å². The van der Waals surface area contributed by atoms with E-state index in [1.807, 2.05) is 12.3 Å². The zero-order chi connectivity index (χ0) is 14.5. The summed E-state index contributed by atoms with van der Waals surface area (Å²) in [6, 6.07) is 13.0. The van der Waals surface area contributed by atoms with E-state index in [1.54, 1.807) is 0 Å². The summed E-state index contributed by atoms with van der Waals surface area (Å²) < 4.78 is 0. The first-order valence-corrected chi connectivity index (χ1v) is 7.35. The second kappa shape index (κ2) is 6.67. The lowest BCUT2D eigenvalue weighted by Crippen LogP contribution is -2.27. The second-order valence-corrected chi connectivity index (χ2v) is 5.37. The van der Waals surface area contributed by atoms with E-state index in [9.17, 15) is 0 Å². The predicted octanol–water partition coefficient (Wildman–Crippen LogP) is 4.15. The highest BCUT2D eigenvalue weighted by molar-refractivity contribution is 5.37. The molecule has 2 heteroatoms. The van der Waals surface area contributed by atoms with Crippen LogP contribution >= 0.6 is 0 Å². The van der Waals surface area contributed by atoms with E-state index >= 15 is 0 Å². The molecule has 2 nitrogen and oxygen atoms in total. The molecule has 2 rings (SSSR count). The van der Waals surface area contributed by atoms with E-state index in [0.29, 0.717) is 12.0 Å². The number of rotatable bonds is 5. The maximum atomic E-state index is 4.52. The number of aromatic nitrogens is 1. The van der Waals surface area contributed by atoms with Crippen molar-refractivity contribution >= 4 is 0 Å². The molecule has 1 aromatic heterocycles. The Kier molecular flexibility index (Phi) is 4.91. The summed E-state index contributed by atoms with van der Waals surface area (Å²) in [7, 11) is 0. The van der Waals surface area contributed by atoms with Gasteiger partial charge >= 0.3 is 0 Å². The molecule has 0 amide bonds. The molecule has 2 aromatic rings. The van der Waals surface area contributed by atoms with Crippen molar-refractivity contribution in [2.24, 2.45) is 0 Å². The number of hydrogen-bond acceptors (Lipinski definition) is 2. The Morgan fingerprint density at radius 2 is 1.90 bits per heavy atom. The van der Waals surface area contributed by atoms with E-state index in [2.05, 4.69) is 68.3 Å². The molecule has 106 valence electrons. The molecule has 0 saturated carbocycles. The minimum Gasteiger partial charge on any atom is -0.310 e. The molecule has 2 unspecified atom stereocenters. The van der Waals surface area contributed by atoms with Gasteiger partial charge in [0.05, 0.1) is 0 Å². The van der Waals surface area contributed by atoms with Crippen molar-refractivity contribution in [1.82, 2.24) is 10.3 Å². The van der Waals surface area contributed by atoms with Gasteiger partial charge in [-0.05, 0) is 49.2 Å². The first-order chi connectivity index (χ1) is 9.65. The van der Waals surface area contributed by atoms with E-state index < -0.39 is 0 Å². The number of aryl methyl sites for hydroxylation is 1. The van der Waals surface area contributed by atoms with Gasteiger partial charge in [-0.15, -0.1) is 0 Å². The lowest BCUT2D eigenvalue weighted by Gasteiger charge is -2.27. The van der Waals surface area contributed by atoms with Crippen molar-refractivity contribution in [3.05, 3.63) is 65.0 Å². The van der Waals surface area contributed by atoms with Crippen molar-refractivity contribution in [1.29, 1.82) is 0 Å². The van der Waals surface area contributed by atoms with Crippen molar-refractivity contribution < 1.29 is 0 Å². The van der Waals surface area contributed by atoms with Gasteiger partial charge in [-0.3, -0.25) is 4.98 Å². The molecule has 0 fully saturated rings. The average Bonchev–Trinajstić information content (AvgIpc) is 2.48. The van der Waals surface area contributed by atoms with Crippen LogP contribution in [-0.2, 0) is 0 Å². The standard InChI is InChI=1S/C18H24N2/c1-5-19-18(15(4)17-11-6-7-12-20-17)16-10-8-9-13(2)14(16)3/h6-12,15,18-19H,5H2,1-4H3. The highest BCUT2D eigenvalue weighted by atomic mass is 14.9. The Morgan fingerprint density at radius 1 is 1.10 bits per heavy atom. The van der Waals surface area contributed by atoms with Crippen molar-refractivity contribution in [2.45, 2.75) is 39.7 Å². The molecular formula is C18H24N2. The van der Waals surface area contributed by atoms with Gasteiger partial charge in [0, 0.05) is 23.9 Å². The maximum Gasteiger partial charge on any atom is 0.0450 e. The van der Waals surface area contributed by atoms with Gasteiger partial charge in [0.2, 0.25) is 0 Å². The number of likely N-dealkylation sites (N-methyl/N-ethyl adjacent to an activating group) is 1. The van der Waals surface area contributed by atoms with Crippen LogP contribution in [0.25, 0.3) is 0 Å². The maximum absolute atomic E-state index is 4.52. The third-order valence-electron chi connectivity index (χ3n) is 4.06. The van der Waals surface area contributed by atoms with Crippen LogP contribution in [0.15, 0.2) is 42.6 Å². The summed E-state index contributed by atoms with van der Waals surface area (Å²) in [4.78, 5) is 4.52. The molecule has 0 bridgehead atoms. The van der Waals surface area contributed by atoms with Gasteiger partial charge in [0.25, 0.3) is 0 Å². The zero-order valence-corrected chi connectivity index (χ0v) is 12.9. The van der Waals surface area contributed by atoms with Crippen LogP contribution in [-0.4, -0.2) is 11.5 Å². The normalized spacial score (nSPS) is 14.0. The van der Waals surface area contributed by atoms with Gasteiger partial charge in [-0.1, -0.05) is 38.1 Å². The lowest BCUT2D eigenvalue weighted by molar-refractivity contribution is 0.470. The Bertz CT molecular complexity index is 549. The molecule has 1 heterocycles. The van der Waals surface area contributed by atoms with Crippen LogP contribution < -0.4 is 5.32 Å². The largest absolute Gasteiger partial charge is 0.310 e.